The number of fused-ring (bicyclic) bond motifs is 6. The Bertz CT molecular complexity index is 2890. The van der Waals surface area contributed by atoms with E-state index in [1.807, 2.05) is 0 Å². The molecule has 0 bridgehead atoms. The molecule has 0 unspecified atom stereocenters. The van der Waals surface area contributed by atoms with Crippen LogP contribution in [-0.2, 0) is 10.8 Å². The van der Waals surface area contributed by atoms with E-state index in [0.717, 1.165) is 44.3 Å². The molecule has 0 N–H and O–H groups in total. The predicted molar refractivity (Wildman–Crippen MR) is 252 cm³/mol. The second-order valence-corrected chi connectivity index (χ2v) is 21.6. The third kappa shape index (κ3) is 5.94. The molecule has 0 amide bonds. The van der Waals surface area contributed by atoms with E-state index in [4.69, 9.17) is 9.97 Å². The zero-order valence-corrected chi connectivity index (χ0v) is 35.6. The van der Waals surface area contributed by atoms with Gasteiger partial charge in [-0.05, 0) is 80.9 Å². The number of pyridine rings is 2. The average Bonchev–Trinajstić information content (AvgIpc) is 3.77. The minimum Gasteiger partial charge on any atom is -0.294 e. The third-order valence-corrected chi connectivity index (χ3v) is 16.6. The van der Waals surface area contributed by atoms with Crippen LogP contribution in [0, 0.1) is 0 Å². The quantitative estimate of drug-likeness (QED) is 0.158. The van der Waals surface area contributed by atoms with E-state index in [0.29, 0.717) is 0 Å². The summed E-state index contributed by atoms with van der Waals surface area (Å²) in [5, 5.41) is 9.47. The van der Waals surface area contributed by atoms with Gasteiger partial charge >= 0.3 is 0 Å². The van der Waals surface area contributed by atoms with Crippen molar-refractivity contribution in [2.45, 2.75) is 52.4 Å². The standard InChI is InChI=1S/C54H48N4Si/c1-53(2,3)37-19-15-21-39(35-37)59(40-22-16-20-38(36-40)54(4,5)6,51-33-17-31-49(55-51)57-45-27-11-7-23-41(45)42-24-8-12-28-46(42)57)52-34-18-32-50(56-52)58-47-29-13-9-25-43(47)44-26-10-14-30-48(44)58/h7-36H,1-6H3. The Balaban J connectivity index is 1.34. The maximum Gasteiger partial charge on any atom is 0.223 e. The summed E-state index contributed by atoms with van der Waals surface area (Å²) in [4.78, 5) is 11.7. The molecule has 4 heterocycles. The van der Waals surface area contributed by atoms with E-state index in [-0.39, 0.29) is 10.8 Å². The molecule has 4 aromatic heterocycles. The molecule has 0 aliphatic heterocycles. The summed E-state index contributed by atoms with van der Waals surface area (Å²) < 4.78 is 4.68. The summed E-state index contributed by atoms with van der Waals surface area (Å²) in [5.41, 5.74) is 7.00. The molecule has 0 atom stereocenters. The van der Waals surface area contributed by atoms with Crippen molar-refractivity contribution in [3.8, 4) is 11.6 Å². The fraction of sp³-hybridized carbons (Fsp3) is 0.148. The highest BCUT2D eigenvalue weighted by Crippen LogP contribution is 2.33. The van der Waals surface area contributed by atoms with E-state index in [1.54, 1.807) is 0 Å². The van der Waals surface area contributed by atoms with Gasteiger partial charge in [0, 0.05) is 32.2 Å². The van der Waals surface area contributed by atoms with Crippen LogP contribution in [0.2, 0.25) is 0 Å². The smallest absolute Gasteiger partial charge is 0.223 e. The summed E-state index contributed by atoms with van der Waals surface area (Å²) in [7, 11) is -3.33. The van der Waals surface area contributed by atoms with Crippen LogP contribution in [0.4, 0.5) is 0 Å². The van der Waals surface area contributed by atoms with Crippen molar-refractivity contribution >= 4 is 72.7 Å². The Morgan fingerprint density at radius 3 is 1.02 bits per heavy atom. The Morgan fingerprint density at radius 1 is 0.356 bits per heavy atom. The van der Waals surface area contributed by atoms with Crippen LogP contribution in [0.5, 0.6) is 0 Å². The fourth-order valence-electron chi connectivity index (χ4n) is 9.18. The molecule has 10 aromatic rings. The van der Waals surface area contributed by atoms with Crippen molar-refractivity contribution < 1.29 is 0 Å². The molecule has 6 aromatic carbocycles. The molecule has 0 spiro atoms. The van der Waals surface area contributed by atoms with Crippen LogP contribution in [0.25, 0.3) is 55.2 Å². The largest absolute Gasteiger partial charge is 0.294 e. The number of rotatable bonds is 6. The van der Waals surface area contributed by atoms with Crippen molar-refractivity contribution in [3.05, 3.63) is 193 Å². The molecular weight excluding hydrogens is 733 g/mol. The van der Waals surface area contributed by atoms with E-state index < -0.39 is 8.07 Å². The van der Waals surface area contributed by atoms with Gasteiger partial charge in [-0.15, -0.1) is 0 Å². The lowest BCUT2D eigenvalue weighted by molar-refractivity contribution is 0.590. The zero-order valence-electron chi connectivity index (χ0n) is 34.6. The van der Waals surface area contributed by atoms with Gasteiger partial charge in [-0.25, -0.2) is 9.97 Å². The first-order chi connectivity index (χ1) is 28.5. The molecule has 5 heteroatoms. The van der Waals surface area contributed by atoms with E-state index >= 15 is 0 Å². The Morgan fingerprint density at radius 2 is 0.678 bits per heavy atom. The lowest BCUT2D eigenvalue weighted by Gasteiger charge is -2.35. The zero-order chi connectivity index (χ0) is 40.5. The third-order valence-electron chi connectivity index (χ3n) is 12.2. The highest BCUT2D eigenvalue weighted by atomic mass is 28.3. The summed E-state index contributed by atoms with van der Waals surface area (Å²) in [6, 6.07) is 66.7. The Kier molecular flexibility index (Phi) is 8.59. The highest BCUT2D eigenvalue weighted by molar-refractivity contribution is 7.19. The van der Waals surface area contributed by atoms with Crippen LogP contribution in [-0.4, -0.2) is 27.2 Å². The van der Waals surface area contributed by atoms with E-state index in [9.17, 15) is 0 Å². The topological polar surface area (TPSA) is 35.6 Å². The molecule has 59 heavy (non-hydrogen) atoms. The molecule has 4 nitrogen and oxygen atoms in total. The highest BCUT2D eigenvalue weighted by Gasteiger charge is 2.46. The second kappa shape index (κ2) is 13.8. The van der Waals surface area contributed by atoms with E-state index in [1.165, 1.54) is 43.0 Å². The predicted octanol–water partition coefficient (Wildman–Crippen LogP) is 10.6. The molecular formula is C54H48N4Si. The number of nitrogens with zero attached hydrogens (tertiary/aromatic N) is 4. The van der Waals surface area contributed by atoms with Gasteiger partial charge in [-0.1, -0.05) is 175 Å². The molecule has 0 saturated heterocycles. The molecule has 0 radical (unpaired) electrons. The second-order valence-electron chi connectivity index (χ2n) is 17.9. The summed E-state index contributed by atoms with van der Waals surface area (Å²) >= 11 is 0. The lowest BCUT2D eigenvalue weighted by Crippen LogP contribution is -2.76. The molecule has 0 aliphatic rings. The molecule has 0 fully saturated rings. The van der Waals surface area contributed by atoms with Gasteiger partial charge in [0.05, 0.1) is 22.1 Å². The van der Waals surface area contributed by atoms with Gasteiger partial charge in [0.2, 0.25) is 8.07 Å². The van der Waals surface area contributed by atoms with Crippen molar-refractivity contribution in [2.75, 3.05) is 0 Å². The van der Waals surface area contributed by atoms with Crippen LogP contribution < -0.4 is 21.0 Å². The van der Waals surface area contributed by atoms with Crippen molar-refractivity contribution in [1.29, 1.82) is 0 Å². The van der Waals surface area contributed by atoms with Crippen LogP contribution in [0.1, 0.15) is 52.7 Å². The van der Waals surface area contributed by atoms with Gasteiger partial charge < -0.3 is 0 Å². The van der Waals surface area contributed by atoms with Gasteiger partial charge in [0.15, 0.2) is 0 Å². The minimum atomic E-state index is -3.33. The molecule has 288 valence electrons. The SMILES string of the molecule is CC(C)(C)c1cccc([Si](c2cccc(C(C)(C)C)c2)(c2cccc(-n3c4ccccc4c4ccccc43)n2)c2cccc(-n3c4ccccc4c4ccccc43)n2)c1. The van der Waals surface area contributed by atoms with Gasteiger partial charge in [-0.3, -0.25) is 9.13 Å². The summed E-state index contributed by atoms with van der Waals surface area (Å²) in [6.07, 6.45) is 0. The average molecular weight is 781 g/mol. The normalized spacial score (nSPS) is 12.6. The first-order valence-corrected chi connectivity index (χ1v) is 22.7. The maximum absolute atomic E-state index is 5.87. The molecule has 10 rings (SSSR count). The molecule has 0 aliphatic carbocycles. The Hall–Kier alpha value is -6.56. The number of aromatic nitrogens is 4. The first kappa shape index (κ1) is 36.8. The molecule has 0 saturated carbocycles. The number of hydrogen-bond acceptors (Lipinski definition) is 2. The maximum atomic E-state index is 5.87. The van der Waals surface area contributed by atoms with Crippen molar-refractivity contribution in [2.24, 2.45) is 0 Å². The number of benzene rings is 6. The summed E-state index contributed by atoms with van der Waals surface area (Å²) in [6.45, 7) is 13.8. The summed E-state index contributed by atoms with van der Waals surface area (Å²) in [5.74, 6) is 1.79. The number of hydrogen-bond donors (Lipinski definition) is 0. The van der Waals surface area contributed by atoms with Crippen LogP contribution >= 0.6 is 0 Å². The fourth-order valence-corrected chi connectivity index (χ4v) is 13.7. The minimum absolute atomic E-state index is 0.0695. The van der Waals surface area contributed by atoms with Gasteiger partial charge in [0.25, 0.3) is 0 Å². The van der Waals surface area contributed by atoms with Crippen molar-refractivity contribution in [3.63, 3.8) is 0 Å². The Labute approximate surface area is 347 Å². The van der Waals surface area contributed by atoms with Crippen LogP contribution in [0.3, 0.4) is 0 Å². The lowest BCUT2D eigenvalue weighted by atomic mass is 9.87. The van der Waals surface area contributed by atoms with Crippen LogP contribution in [0.15, 0.2) is 182 Å². The van der Waals surface area contributed by atoms with E-state index in [2.05, 4.69) is 233 Å². The van der Waals surface area contributed by atoms with Crippen molar-refractivity contribution in [1.82, 2.24) is 19.1 Å². The first-order valence-electron chi connectivity index (χ1n) is 20.7. The van der Waals surface area contributed by atoms with Gasteiger partial charge in [0.1, 0.15) is 11.6 Å². The number of para-hydroxylation sites is 4. The monoisotopic (exact) mass is 780 g/mol. The van der Waals surface area contributed by atoms with Gasteiger partial charge in [-0.2, -0.15) is 0 Å².